The largest absolute Gasteiger partial charge is 0.311 e. The Hall–Kier alpha value is -1.19. The summed E-state index contributed by atoms with van der Waals surface area (Å²) in [4.78, 5) is 4.78. The van der Waals surface area contributed by atoms with Crippen LogP contribution in [0.25, 0.3) is 10.6 Å². The molecule has 2 aromatic rings. The second-order valence-electron chi connectivity index (χ2n) is 5.18. The smallest absolute Gasteiger partial charge is 0.123 e. The van der Waals surface area contributed by atoms with Crippen molar-refractivity contribution in [2.75, 3.05) is 6.54 Å². The van der Waals surface area contributed by atoms with E-state index >= 15 is 0 Å². The van der Waals surface area contributed by atoms with Gasteiger partial charge in [0.05, 0.1) is 5.69 Å². The Morgan fingerprint density at radius 3 is 2.95 bits per heavy atom. The molecule has 0 aliphatic heterocycles. The predicted molar refractivity (Wildman–Crippen MR) is 81.5 cm³/mol. The average Bonchev–Trinajstić information content (AvgIpc) is 3.19. The van der Waals surface area contributed by atoms with E-state index in [1.54, 1.807) is 11.3 Å². The van der Waals surface area contributed by atoms with Crippen LogP contribution in [0.4, 0.5) is 0 Å². The Morgan fingerprint density at radius 2 is 2.16 bits per heavy atom. The van der Waals surface area contributed by atoms with Crippen LogP contribution in [0.15, 0.2) is 29.6 Å². The molecule has 0 atom stereocenters. The number of aromatic nitrogens is 1. The van der Waals surface area contributed by atoms with Crippen LogP contribution in [-0.4, -0.2) is 11.5 Å². The van der Waals surface area contributed by atoms with E-state index in [0.29, 0.717) is 0 Å². The van der Waals surface area contributed by atoms with Gasteiger partial charge in [-0.2, -0.15) is 0 Å². The SMILES string of the molecule is CCCNCc1csc(-c2ccccc2C2CC2)n1. The molecule has 1 fully saturated rings. The minimum Gasteiger partial charge on any atom is -0.311 e. The summed E-state index contributed by atoms with van der Waals surface area (Å²) in [5.41, 5.74) is 4.00. The maximum absolute atomic E-state index is 4.78. The van der Waals surface area contributed by atoms with E-state index in [1.165, 1.54) is 41.1 Å². The first-order valence-electron chi connectivity index (χ1n) is 7.13. The van der Waals surface area contributed by atoms with Crippen molar-refractivity contribution in [2.45, 2.75) is 38.6 Å². The average molecular weight is 272 g/mol. The quantitative estimate of drug-likeness (QED) is 0.798. The van der Waals surface area contributed by atoms with Gasteiger partial charge in [-0.05, 0) is 37.3 Å². The zero-order chi connectivity index (χ0) is 13.1. The molecule has 1 aliphatic rings. The van der Waals surface area contributed by atoms with E-state index in [1.807, 2.05) is 0 Å². The first-order valence-corrected chi connectivity index (χ1v) is 8.01. The summed E-state index contributed by atoms with van der Waals surface area (Å²) in [5, 5.41) is 6.77. The third kappa shape index (κ3) is 3.04. The highest BCUT2D eigenvalue weighted by Gasteiger charge is 2.26. The molecular weight excluding hydrogens is 252 g/mol. The van der Waals surface area contributed by atoms with Crippen molar-refractivity contribution >= 4 is 11.3 Å². The Morgan fingerprint density at radius 1 is 1.32 bits per heavy atom. The van der Waals surface area contributed by atoms with Gasteiger partial charge in [-0.1, -0.05) is 31.2 Å². The zero-order valence-corrected chi connectivity index (χ0v) is 12.2. The molecule has 3 heteroatoms. The highest BCUT2D eigenvalue weighted by molar-refractivity contribution is 7.13. The third-order valence-corrected chi connectivity index (χ3v) is 4.42. The van der Waals surface area contributed by atoms with Crippen LogP contribution < -0.4 is 5.32 Å². The third-order valence-electron chi connectivity index (χ3n) is 3.49. The lowest BCUT2D eigenvalue weighted by molar-refractivity contribution is 0.667. The van der Waals surface area contributed by atoms with Crippen molar-refractivity contribution in [1.29, 1.82) is 0 Å². The van der Waals surface area contributed by atoms with Gasteiger partial charge in [-0.25, -0.2) is 4.98 Å². The maximum atomic E-state index is 4.78. The summed E-state index contributed by atoms with van der Waals surface area (Å²) in [6.45, 7) is 4.13. The minimum absolute atomic E-state index is 0.779. The second-order valence-corrected chi connectivity index (χ2v) is 6.04. The molecule has 0 amide bonds. The number of hydrogen-bond acceptors (Lipinski definition) is 3. The molecule has 0 unspecified atom stereocenters. The molecule has 1 aromatic carbocycles. The Bertz CT molecular complexity index is 543. The molecule has 1 saturated carbocycles. The van der Waals surface area contributed by atoms with Crippen LogP contribution in [0, 0.1) is 0 Å². The van der Waals surface area contributed by atoms with Gasteiger partial charge in [0.25, 0.3) is 0 Å². The normalized spacial score (nSPS) is 14.8. The number of rotatable bonds is 6. The topological polar surface area (TPSA) is 24.9 Å². The van der Waals surface area contributed by atoms with Crippen LogP contribution in [0.1, 0.15) is 43.4 Å². The predicted octanol–water partition coefficient (Wildman–Crippen LogP) is 4.19. The molecule has 1 aromatic heterocycles. The summed E-state index contributed by atoms with van der Waals surface area (Å²) >= 11 is 1.77. The summed E-state index contributed by atoms with van der Waals surface area (Å²) in [6.07, 6.45) is 3.85. The lowest BCUT2D eigenvalue weighted by Crippen LogP contribution is -2.13. The van der Waals surface area contributed by atoms with Gasteiger partial charge in [0.1, 0.15) is 5.01 Å². The van der Waals surface area contributed by atoms with Crippen molar-refractivity contribution in [3.05, 3.63) is 40.9 Å². The number of thiazole rings is 1. The maximum Gasteiger partial charge on any atom is 0.123 e. The molecule has 0 bridgehead atoms. The molecule has 19 heavy (non-hydrogen) atoms. The molecule has 1 aliphatic carbocycles. The summed E-state index contributed by atoms with van der Waals surface area (Å²) in [7, 11) is 0. The van der Waals surface area contributed by atoms with Gasteiger partial charge < -0.3 is 5.32 Å². The van der Waals surface area contributed by atoms with Gasteiger partial charge in [0, 0.05) is 17.5 Å². The van der Waals surface area contributed by atoms with E-state index in [-0.39, 0.29) is 0 Å². The minimum atomic E-state index is 0.779. The van der Waals surface area contributed by atoms with Gasteiger partial charge in [0.15, 0.2) is 0 Å². The summed E-state index contributed by atoms with van der Waals surface area (Å²) in [5.74, 6) is 0.779. The molecule has 100 valence electrons. The Labute approximate surface area is 118 Å². The van der Waals surface area contributed by atoms with Crippen LogP contribution in [0.2, 0.25) is 0 Å². The van der Waals surface area contributed by atoms with E-state index < -0.39 is 0 Å². The lowest BCUT2D eigenvalue weighted by atomic mass is 10.0. The second kappa shape index (κ2) is 5.85. The highest BCUT2D eigenvalue weighted by Crippen LogP contribution is 2.44. The first kappa shape index (κ1) is 12.8. The number of nitrogens with one attached hydrogen (secondary N) is 1. The van der Waals surface area contributed by atoms with Gasteiger partial charge >= 0.3 is 0 Å². The van der Waals surface area contributed by atoms with Crippen molar-refractivity contribution in [3.8, 4) is 10.6 Å². The number of hydrogen-bond donors (Lipinski definition) is 1. The highest BCUT2D eigenvalue weighted by atomic mass is 32.1. The van der Waals surface area contributed by atoms with Crippen LogP contribution in [0.5, 0.6) is 0 Å². The van der Waals surface area contributed by atoms with Crippen molar-refractivity contribution in [1.82, 2.24) is 10.3 Å². The molecule has 1 N–H and O–H groups in total. The Balaban J connectivity index is 1.78. The monoisotopic (exact) mass is 272 g/mol. The fourth-order valence-electron chi connectivity index (χ4n) is 2.35. The van der Waals surface area contributed by atoms with E-state index in [2.05, 4.69) is 41.9 Å². The van der Waals surface area contributed by atoms with Gasteiger partial charge in [0.2, 0.25) is 0 Å². The van der Waals surface area contributed by atoms with E-state index in [4.69, 9.17) is 4.98 Å². The number of benzene rings is 1. The molecule has 2 nitrogen and oxygen atoms in total. The van der Waals surface area contributed by atoms with Crippen LogP contribution in [0.3, 0.4) is 0 Å². The fourth-order valence-corrected chi connectivity index (χ4v) is 3.21. The van der Waals surface area contributed by atoms with Crippen LogP contribution >= 0.6 is 11.3 Å². The molecule has 0 spiro atoms. The standard InChI is InChI=1S/C16H20N2S/c1-2-9-17-10-13-11-19-16(18-13)15-6-4-3-5-14(15)12-7-8-12/h3-6,11-12,17H,2,7-10H2,1H3. The molecule has 1 heterocycles. The Kier molecular flexibility index (Phi) is 3.95. The van der Waals surface area contributed by atoms with E-state index in [9.17, 15) is 0 Å². The summed E-state index contributed by atoms with van der Waals surface area (Å²) < 4.78 is 0. The first-order chi connectivity index (χ1) is 9.38. The molecule has 3 rings (SSSR count). The van der Waals surface area contributed by atoms with Gasteiger partial charge in [-0.15, -0.1) is 11.3 Å². The zero-order valence-electron chi connectivity index (χ0n) is 11.4. The molecular formula is C16H20N2S. The lowest BCUT2D eigenvalue weighted by Gasteiger charge is -2.05. The molecule has 0 radical (unpaired) electrons. The number of nitrogens with zero attached hydrogens (tertiary/aromatic N) is 1. The van der Waals surface area contributed by atoms with Crippen LogP contribution in [-0.2, 0) is 6.54 Å². The van der Waals surface area contributed by atoms with Gasteiger partial charge in [-0.3, -0.25) is 0 Å². The van der Waals surface area contributed by atoms with E-state index in [0.717, 1.165) is 19.0 Å². The van der Waals surface area contributed by atoms with Crippen molar-refractivity contribution in [3.63, 3.8) is 0 Å². The van der Waals surface area contributed by atoms with Crippen molar-refractivity contribution < 1.29 is 0 Å². The van der Waals surface area contributed by atoms with Crippen molar-refractivity contribution in [2.24, 2.45) is 0 Å². The molecule has 0 saturated heterocycles. The fraction of sp³-hybridized carbons (Fsp3) is 0.438. The summed E-state index contributed by atoms with van der Waals surface area (Å²) in [6, 6.07) is 8.76.